The van der Waals surface area contributed by atoms with E-state index in [1.54, 1.807) is 30.3 Å². The fourth-order valence-electron chi connectivity index (χ4n) is 6.69. The van der Waals surface area contributed by atoms with Crippen LogP contribution in [0.5, 0.6) is 0 Å². The van der Waals surface area contributed by atoms with Crippen molar-refractivity contribution in [1.82, 2.24) is 19.4 Å². The summed E-state index contributed by atoms with van der Waals surface area (Å²) >= 11 is 11.8. The maximum atomic E-state index is 13.5. The van der Waals surface area contributed by atoms with Crippen molar-refractivity contribution in [1.29, 1.82) is 10.5 Å². The van der Waals surface area contributed by atoms with E-state index in [9.17, 15) is 64.1 Å². The first-order chi connectivity index (χ1) is 32.5. The zero-order valence-electron chi connectivity index (χ0n) is 36.5. The first kappa shape index (κ1) is 53.4. The van der Waals surface area contributed by atoms with Gasteiger partial charge in [0.1, 0.15) is 35.2 Å². The van der Waals surface area contributed by atoms with Crippen LogP contribution in [0.15, 0.2) is 54.6 Å². The molecule has 4 heterocycles. The number of ether oxygens (including phenoxy) is 2. The SMILES string of the molecule is CCOC(=O)c1cc(C#N)c(N2CC(C(=O)NS(=O)(=O)Cc3ccc(C)cc3)C2)nc1C(F)F.CCOC(=O)c1cc(C#N)c(N2CC(C(=O)NS(=O)(=O)Cc3ccc(Cl)cc3Cl)C2)nc1C(F)F. The van der Waals surface area contributed by atoms with Gasteiger partial charge >= 0.3 is 11.9 Å². The van der Waals surface area contributed by atoms with Crippen molar-refractivity contribution in [2.75, 3.05) is 49.2 Å². The summed E-state index contributed by atoms with van der Waals surface area (Å²) in [6, 6.07) is 16.6. The number of aromatic nitrogens is 2. The van der Waals surface area contributed by atoms with Crippen LogP contribution in [-0.2, 0) is 50.6 Å². The van der Waals surface area contributed by atoms with Crippen molar-refractivity contribution < 1.29 is 63.0 Å². The first-order valence-corrected chi connectivity index (χ1v) is 24.4. The van der Waals surface area contributed by atoms with E-state index in [1.807, 2.05) is 22.4 Å². The summed E-state index contributed by atoms with van der Waals surface area (Å²) in [6.07, 6.45) is -6.22. The zero-order valence-corrected chi connectivity index (χ0v) is 39.7. The Morgan fingerprint density at radius 2 is 1.13 bits per heavy atom. The van der Waals surface area contributed by atoms with Crippen LogP contribution in [0.4, 0.5) is 29.2 Å². The quantitative estimate of drug-likeness (QED) is 0.0976. The van der Waals surface area contributed by atoms with Crippen molar-refractivity contribution in [2.45, 2.75) is 45.1 Å². The maximum Gasteiger partial charge on any atom is 0.340 e. The summed E-state index contributed by atoms with van der Waals surface area (Å²) in [4.78, 5) is 59.2. The fourth-order valence-corrected chi connectivity index (χ4v) is 9.62. The monoisotopic (exact) mass is 1040 g/mol. The van der Waals surface area contributed by atoms with E-state index < -0.39 is 96.8 Å². The topological polar surface area (TPSA) is 259 Å². The molecule has 69 heavy (non-hydrogen) atoms. The van der Waals surface area contributed by atoms with E-state index in [-0.39, 0.29) is 78.5 Å². The number of carbonyl (C=O) groups is 4. The van der Waals surface area contributed by atoms with Gasteiger partial charge in [-0.05, 0) is 56.2 Å². The number of alkyl halides is 4. The molecule has 2 aromatic heterocycles. The largest absolute Gasteiger partial charge is 0.462 e. The number of anilines is 2. The summed E-state index contributed by atoms with van der Waals surface area (Å²) < 4.78 is 117. The third-order valence-electron chi connectivity index (χ3n) is 10.2. The molecule has 2 saturated heterocycles. The lowest BCUT2D eigenvalue weighted by atomic mass is 9.98. The molecule has 2 fully saturated rings. The van der Waals surface area contributed by atoms with Crippen molar-refractivity contribution in [3.8, 4) is 12.1 Å². The van der Waals surface area contributed by atoms with Crippen LogP contribution in [0.25, 0.3) is 0 Å². The number of halogens is 6. The molecule has 2 aliphatic rings. The Kier molecular flexibility index (Phi) is 17.5. The molecular weight excluding hydrogens is 1000 g/mol. The molecule has 4 aromatic rings. The lowest BCUT2D eigenvalue weighted by Crippen LogP contribution is -2.55. The molecule has 26 heteroatoms. The number of nitriles is 2. The Balaban J connectivity index is 0.000000258. The molecule has 0 unspecified atom stereocenters. The molecule has 2 N–H and O–H groups in total. The van der Waals surface area contributed by atoms with Gasteiger partial charge in [0.05, 0.1) is 58.8 Å². The molecule has 0 bridgehead atoms. The smallest absolute Gasteiger partial charge is 0.340 e. The van der Waals surface area contributed by atoms with Crippen LogP contribution >= 0.6 is 23.2 Å². The summed E-state index contributed by atoms with van der Waals surface area (Å²) in [5, 5.41) is 19.3. The van der Waals surface area contributed by atoms with Gasteiger partial charge in [0, 0.05) is 36.2 Å². The predicted molar refractivity (Wildman–Crippen MR) is 240 cm³/mol. The van der Waals surface area contributed by atoms with Gasteiger partial charge in [0.25, 0.3) is 12.9 Å². The average Bonchev–Trinajstić information content (AvgIpc) is 3.23. The molecule has 0 spiro atoms. The van der Waals surface area contributed by atoms with Crippen LogP contribution in [0.1, 0.15) is 86.6 Å². The number of nitrogens with one attached hydrogen (secondary N) is 2. The minimum absolute atomic E-state index is 0.0327. The van der Waals surface area contributed by atoms with E-state index in [0.717, 1.165) is 17.7 Å². The number of nitrogens with zero attached hydrogens (tertiary/aromatic N) is 6. The van der Waals surface area contributed by atoms with E-state index in [4.69, 9.17) is 32.7 Å². The van der Waals surface area contributed by atoms with Crippen LogP contribution < -0.4 is 19.2 Å². The zero-order chi connectivity index (χ0) is 51.0. The Labute approximate surface area is 403 Å². The van der Waals surface area contributed by atoms with Crippen molar-refractivity contribution in [3.63, 3.8) is 0 Å². The third kappa shape index (κ3) is 13.6. The molecule has 18 nitrogen and oxygen atoms in total. The van der Waals surface area contributed by atoms with Gasteiger partial charge in [-0.15, -0.1) is 0 Å². The van der Waals surface area contributed by atoms with Crippen LogP contribution in [0.2, 0.25) is 10.0 Å². The van der Waals surface area contributed by atoms with Gasteiger partial charge in [-0.2, -0.15) is 10.5 Å². The van der Waals surface area contributed by atoms with Gasteiger partial charge in [0.15, 0.2) is 0 Å². The van der Waals surface area contributed by atoms with Gasteiger partial charge in [-0.3, -0.25) is 19.0 Å². The van der Waals surface area contributed by atoms with Crippen LogP contribution in [0, 0.1) is 41.4 Å². The molecule has 0 aliphatic carbocycles. The minimum atomic E-state index is -4.09. The number of esters is 2. The second kappa shape index (κ2) is 22.7. The number of aryl methyl sites for hydroxylation is 1. The molecule has 2 aromatic carbocycles. The third-order valence-corrected chi connectivity index (χ3v) is 13.2. The standard InChI is InChI=1S/C22H22F2N4O5S.C21H18Cl2F2N4O5S/c1-3-33-22(30)17-8-15(9-25)20(26-18(17)19(23)24)28-10-16(11-28)21(29)27-34(31,32)12-14-6-4-13(2)5-7-14;1-2-34-21(31)15-5-12(7-26)19(27-17(15)18(24)25)29-8-13(9-29)20(30)28-35(32,33)10-11-3-4-14(22)6-16(11)23/h4-8,16,19H,3,10-12H2,1-2H3,(H,27,29);3-6,13,18H,2,8-10H2,1H3,(H,28,30). The lowest BCUT2D eigenvalue weighted by Gasteiger charge is -2.39. The molecule has 0 radical (unpaired) electrons. The van der Waals surface area contributed by atoms with E-state index >= 15 is 0 Å². The molecule has 2 aliphatic heterocycles. The molecule has 2 amide bonds. The summed E-state index contributed by atoms with van der Waals surface area (Å²) in [5.74, 6) is -6.34. The molecule has 0 atom stereocenters. The number of sulfonamides is 2. The van der Waals surface area contributed by atoms with Crippen molar-refractivity contribution >= 4 is 78.6 Å². The summed E-state index contributed by atoms with van der Waals surface area (Å²) in [6.45, 7) is 4.57. The number of benzene rings is 2. The summed E-state index contributed by atoms with van der Waals surface area (Å²) in [7, 11) is -8.03. The molecule has 366 valence electrons. The number of amides is 2. The highest BCUT2D eigenvalue weighted by Gasteiger charge is 2.39. The highest BCUT2D eigenvalue weighted by Crippen LogP contribution is 2.34. The number of carbonyl (C=O) groups excluding carboxylic acids is 4. The normalized spacial score (nSPS) is 13.8. The lowest BCUT2D eigenvalue weighted by molar-refractivity contribution is -0.124. The Hall–Kier alpha value is -6.60. The van der Waals surface area contributed by atoms with Crippen molar-refractivity contribution in [2.24, 2.45) is 11.8 Å². The predicted octanol–water partition coefficient (Wildman–Crippen LogP) is 5.92. The number of hydrogen-bond acceptors (Lipinski definition) is 16. The Bertz CT molecular complexity index is 2950. The van der Waals surface area contributed by atoms with Crippen LogP contribution in [-0.4, -0.2) is 89.9 Å². The molecular formula is C43H40Cl2F4N8O10S2. The minimum Gasteiger partial charge on any atom is -0.462 e. The molecule has 6 rings (SSSR count). The number of hydrogen-bond donors (Lipinski definition) is 2. The highest BCUT2D eigenvalue weighted by molar-refractivity contribution is 7.89. The second-order valence-corrected chi connectivity index (χ2v) is 19.5. The Morgan fingerprint density at radius 1 is 0.710 bits per heavy atom. The van der Waals surface area contributed by atoms with Crippen molar-refractivity contribution in [3.05, 3.63) is 115 Å². The number of pyridine rings is 2. The average molecular weight is 1040 g/mol. The fraction of sp³-hybridized carbons (Fsp3) is 0.349. The second-order valence-electron chi connectivity index (χ2n) is 15.2. The first-order valence-electron chi connectivity index (χ1n) is 20.4. The van der Waals surface area contributed by atoms with Crippen LogP contribution in [0.3, 0.4) is 0 Å². The number of rotatable bonds is 16. The van der Waals surface area contributed by atoms with Gasteiger partial charge in [-0.1, -0.05) is 59.1 Å². The van der Waals surface area contributed by atoms with Gasteiger partial charge in [-0.25, -0.2) is 54.0 Å². The van der Waals surface area contributed by atoms with Gasteiger partial charge < -0.3 is 19.3 Å². The highest BCUT2D eigenvalue weighted by atomic mass is 35.5. The summed E-state index contributed by atoms with van der Waals surface area (Å²) in [5.41, 5.74) is -1.29. The van der Waals surface area contributed by atoms with E-state index in [0.29, 0.717) is 10.6 Å². The maximum absolute atomic E-state index is 13.5. The van der Waals surface area contributed by atoms with E-state index in [1.165, 1.54) is 41.8 Å². The van der Waals surface area contributed by atoms with Gasteiger partial charge in [0.2, 0.25) is 31.9 Å². The van der Waals surface area contributed by atoms with E-state index in [2.05, 4.69) is 9.97 Å². The molecule has 0 saturated carbocycles. The Morgan fingerprint density at radius 3 is 1.51 bits per heavy atom.